The van der Waals surface area contributed by atoms with Gasteiger partial charge in [0.05, 0.1) is 5.69 Å². The maximum atomic E-state index is 8.82. The number of nitrogens with zero attached hydrogens (tertiary/aromatic N) is 2. The lowest BCUT2D eigenvalue weighted by atomic mass is 10.0. The number of nitrogens with one attached hydrogen (secondary N) is 1. The number of aliphatic hydroxyl groups is 1. The van der Waals surface area contributed by atoms with Gasteiger partial charge in [0.15, 0.2) is 0 Å². The van der Waals surface area contributed by atoms with Gasteiger partial charge in [-0.1, -0.05) is 42.2 Å². The van der Waals surface area contributed by atoms with Gasteiger partial charge in [-0.3, -0.25) is 10.00 Å². The van der Waals surface area contributed by atoms with E-state index in [2.05, 4.69) is 68.7 Å². The molecule has 4 nitrogen and oxygen atoms in total. The Hall–Kier alpha value is -2.39. The van der Waals surface area contributed by atoms with Crippen LogP contribution in [0.5, 0.6) is 0 Å². The van der Waals surface area contributed by atoms with E-state index in [0.29, 0.717) is 0 Å². The highest BCUT2D eigenvalue weighted by molar-refractivity contribution is 7.10. The van der Waals surface area contributed by atoms with Gasteiger partial charge in [0, 0.05) is 53.1 Å². The van der Waals surface area contributed by atoms with Gasteiger partial charge < -0.3 is 5.11 Å². The minimum Gasteiger partial charge on any atom is -0.384 e. The van der Waals surface area contributed by atoms with Crippen molar-refractivity contribution in [2.45, 2.75) is 32.4 Å². The van der Waals surface area contributed by atoms with E-state index in [1.54, 1.807) is 11.3 Å². The Bertz CT molecular complexity index is 949. The third-order valence-corrected chi connectivity index (χ3v) is 5.86. The summed E-state index contributed by atoms with van der Waals surface area (Å²) in [6, 6.07) is 12.7. The number of rotatable bonds is 5. The first-order chi connectivity index (χ1) is 13.3. The largest absolute Gasteiger partial charge is 0.384 e. The molecule has 0 amide bonds. The van der Waals surface area contributed by atoms with Gasteiger partial charge in [0.25, 0.3) is 0 Å². The summed E-state index contributed by atoms with van der Waals surface area (Å²) < 4.78 is 0. The fourth-order valence-corrected chi connectivity index (χ4v) is 4.41. The zero-order valence-corrected chi connectivity index (χ0v) is 16.1. The number of aliphatic hydroxyl groups excluding tert-OH is 1. The standard InChI is InChI=1S/C22H23N3OS/c26-12-4-7-18-13-19(27-16-18)14-25-11-10-22-20(15-25)21(23-24-22)9-8-17-5-2-1-3-6-17/h1-3,5-6,13,16,26H,8-12,14-15H2,(H,23,24). The molecule has 5 heteroatoms. The molecule has 3 aromatic rings. The number of fused-ring (bicyclic) bond motifs is 1. The molecule has 0 radical (unpaired) electrons. The van der Waals surface area contributed by atoms with Crippen LogP contribution >= 0.6 is 11.3 Å². The van der Waals surface area contributed by atoms with Crippen molar-refractivity contribution in [2.24, 2.45) is 0 Å². The maximum Gasteiger partial charge on any atom is 0.104 e. The highest BCUT2D eigenvalue weighted by Gasteiger charge is 2.22. The van der Waals surface area contributed by atoms with E-state index >= 15 is 0 Å². The average molecular weight is 378 g/mol. The van der Waals surface area contributed by atoms with Crippen molar-refractivity contribution in [1.82, 2.24) is 15.1 Å². The molecule has 0 atom stereocenters. The third kappa shape index (κ3) is 4.48. The number of thiophene rings is 1. The Labute approximate surface area is 163 Å². The van der Waals surface area contributed by atoms with E-state index in [-0.39, 0.29) is 6.61 Å². The summed E-state index contributed by atoms with van der Waals surface area (Å²) in [5.41, 5.74) is 6.24. The maximum absolute atomic E-state index is 8.82. The van der Waals surface area contributed by atoms with Crippen molar-refractivity contribution in [3.63, 3.8) is 0 Å². The molecule has 1 aliphatic rings. The molecule has 0 fully saturated rings. The first kappa shape index (κ1) is 18.0. The molecular weight excluding hydrogens is 354 g/mol. The molecule has 0 spiro atoms. The van der Waals surface area contributed by atoms with Gasteiger partial charge in [-0.25, -0.2) is 0 Å². The molecule has 3 heterocycles. The van der Waals surface area contributed by atoms with Crippen LogP contribution in [0, 0.1) is 11.8 Å². The predicted octanol–water partition coefficient (Wildman–Crippen LogP) is 3.16. The fraction of sp³-hybridized carbons (Fsp3) is 0.318. The van der Waals surface area contributed by atoms with Gasteiger partial charge in [-0.15, -0.1) is 11.3 Å². The molecular formula is C22H23N3OS. The number of aryl methyl sites for hydroxylation is 2. The highest BCUT2D eigenvalue weighted by Crippen LogP contribution is 2.24. The van der Waals surface area contributed by atoms with Crippen molar-refractivity contribution < 1.29 is 5.11 Å². The summed E-state index contributed by atoms with van der Waals surface area (Å²) in [5, 5.41) is 18.7. The van der Waals surface area contributed by atoms with Crippen molar-refractivity contribution in [1.29, 1.82) is 0 Å². The molecule has 4 rings (SSSR count). The lowest BCUT2D eigenvalue weighted by Crippen LogP contribution is -2.30. The zero-order valence-electron chi connectivity index (χ0n) is 15.2. The fourth-order valence-electron chi connectivity index (χ4n) is 3.55. The van der Waals surface area contributed by atoms with Crippen LogP contribution in [0.3, 0.4) is 0 Å². The summed E-state index contributed by atoms with van der Waals surface area (Å²) in [4.78, 5) is 3.80. The monoisotopic (exact) mass is 377 g/mol. The second kappa shape index (κ2) is 8.53. The molecule has 1 aliphatic heterocycles. The third-order valence-electron chi connectivity index (χ3n) is 4.94. The lowest BCUT2D eigenvalue weighted by Gasteiger charge is -2.26. The van der Waals surface area contributed by atoms with Crippen LogP contribution in [0.1, 0.15) is 33.0 Å². The SMILES string of the molecule is OCC#Cc1csc(CN2CCc3[nH]nc(CCc4ccccc4)c3C2)c1. The molecule has 2 N–H and O–H groups in total. The topological polar surface area (TPSA) is 52.1 Å². The summed E-state index contributed by atoms with van der Waals surface area (Å²) in [6.45, 7) is 2.84. The summed E-state index contributed by atoms with van der Waals surface area (Å²) in [7, 11) is 0. The Balaban J connectivity index is 1.40. The molecule has 0 bridgehead atoms. The second-order valence-corrected chi connectivity index (χ2v) is 7.83. The first-order valence-electron chi connectivity index (χ1n) is 9.30. The van der Waals surface area contributed by atoms with Crippen molar-refractivity contribution in [3.8, 4) is 11.8 Å². The minimum atomic E-state index is -0.0909. The molecule has 138 valence electrons. The van der Waals surface area contributed by atoms with Gasteiger partial charge >= 0.3 is 0 Å². The smallest absolute Gasteiger partial charge is 0.104 e. The quantitative estimate of drug-likeness (QED) is 0.672. The van der Waals surface area contributed by atoms with E-state index in [1.165, 1.54) is 27.4 Å². The number of aromatic amines is 1. The minimum absolute atomic E-state index is 0.0909. The predicted molar refractivity (Wildman–Crippen MR) is 109 cm³/mol. The second-order valence-electron chi connectivity index (χ2n) is 6.84. The van der Waals surface area contributed by atoms with Crippen LogP contribution in [0.2, 0.25) is 0 Å². The molecule has 0 saturated carbocycles. The molecule has 2 aromatic heterocycles. The molecule has 0 aliphatic carbocycles. The lowest BCUT2D eigenvalue weighted by molar-refractivity contribution is 0.246. The Morgan fingerprint density at radius 2 is 2.11 bits per heavy atom. The van der Waals surface area contributed by atoms with Crippen molar-refractivity contribution >= 4 is 11.3 Å². The normalized spacial score (nSPS) is 13.8. The van der Waals surface area contributed by atoms with Crippen LogP contribution in [0.15, 0.2) is 41.8 Å². The summed E-state index contributed by atoms with van der Waals surface area (Å²) in [6.07, 6.45) is 3.02. The van der Waals surface area contributed by atoms with E-state index in [1.807, 2.05) is 0 Å². The first-order valence-corrected chi connectivity index (χ1v) is 10.2. The van der Waals surface area contributed by atoms with E-state index < -0.39 is 0 Å². The molecule has 1 aromatic carbocycles. The van der Waals surface area contributed by atoms with E-state index in [0.717, 1.165) is 44.5 Å². The number of benzene rings is 1. The molecule has 0 saturated heterocycles. The van der Waals surface area contributed by atoms with Gasteiger partial charge in [0.1, 0.15) is 6.61 Å². The number of H-pyrrole nitrogens is 1. The van der Waals surface area contributed by atoms with Crippen LogP contribution in [-0.4, -0.2) is 33.4 Å². The summed E-state index contributed by atoms with van der Waals surface area (Å²) in [5.74, 6) is 5.69. The number of aromatic nitrogens is 2. The van der Waals surface area contributed by atoms with Crippen LogP contribution in [0.4, 0.5) is 0 Å². The van der Waals surface area contributed by atoms with Crippen LogP contribution in [0.25, 0.3) is 0 Å². The molecule has 0 unspecified atom stereocenters. The average Bonchev–Trinajstić information content (AvgIpc) is 3.32. The van der Waals surface area contributed by atoms with Gasteiger partial charge in [-0.05, 0) is 24.5 Å². The Morgan fingerprint density at radius 1 is 1.22 bits per heavy atom. The van der Waals surface area contributed by atoms with Crippen LogP contribution in [-0.2, 0) is 32.4 Å². The van der Waals surface area contributed by atoms with E-state index in [9.17, 15) is 0 Å². The number of hydrogen-bond acceptors (Lipinski definition) is 4. The number of hydrogen-bond donors (Lipinski definition) is 2. The Kier molecular flexibility index (Phi) is 5.69. The highest BCUT2D eigenvalue weighted by atomic mass is 32.1. The van der Waals surface area contributed by atoms with Crippen LogP contribution < -0.4 is 0 Å². The summed E-state index contributed by atoms with van der Waals surface area (Å²) >= 11 is 1.74. The van der Waals surface area contributed by atoms with E-state index in [4.69, 9.17) is 5.11 Å². The Morgan fingerprint density at radius 3 is 2.96 bits per heavy atom. The van der Waals surface area contributed by atoms with Crippen molar-refractivity contribution in [2.75, 3.05) is 13.2 Å². The van der Waals surface area contributed by atoms with Gasteiger partial charge in [-0.2, -0.15) is 5.10 Å². The van der Waals surface area contributed by atoms with Crippen molar-refractivity contribution in [3.05, 3.63) is 74.7 Å². The molecule has 27 heavy (non-hydrogen) atoms. The zero-order chi connectivity index (χ0) is 18.5. The van der Waals surface area contributed by atoms with Gasteiger partial charge in [0.2, 0.25) is 0 Å².